The second-order valence-corrected chi connectivity index (χ2v) is 2.85. The monoisotopic (exact) mass is 177 g/mol. The number of hydrogen-bond donors (Lipinski definition) is 1. The largest absolute Gasteiger partial charge is 0.361 e. The molecule has 0 radical (unpaired) electrons. The molecule has 66 valence electrons. The van der Waals surface area contributed by atoms with E-state index in [2.05, 4.69) is 4.98 Å². The molecule has 3 heteroatoms. The van der Waals surface area contributed by atoms with Crippen LogP contribution < -0.4 is 0 Å². The number of benzene rings is 1. The second kappa shape index (κ2) is 3.01. The van der Waals surface area contributed by atoms with Gasteiger partial charge in [0.25, 0.3) is 0 Å². The Balaban J connectivity index is 2.70. The maximum atomic E-state index is 13.3. The van der Waals surface area contributed by atoms with Crippen LogP contribution in [0.5, 0.6) is 0 Å². The van der Waals surface area contributed by atoms with Gasteiger partial charge < -0.3 is 9.78 Å². The van der Waals surface area contributed by atoms with Crippen LogP contribution in [0, 0.1) is 5.82 Å². The van der Waals surface area contributed by atoms with Crippen LogP contribution in [-0.4, -0.2) is 11.3 Å². The van der Waals surface area contributed by atoms with Gasteiger partial charge in [0.05, 0.1) is 0 Å². The van der Waals surface area contributed by atoms with Gasteiger partial charge in [-0.3, -0.25) is 0 Å². The number of rotatable bonds is 2. The molecule has 0 saturated carbocycles. The summed E-state index contributed by atoms with van der Waals surface area (Å²) in [6.45, 7) is 0. The molecule has 1 aromatic heterocycles. The Hall–Kier alpha value is -1.64. The molecule has 2 nitrogen and oxygen atoms in total. The van der Waals surface area contributed by atoms with E-state index in [1.165, 1.54) is 6.07 Å². The molecule has 0 bridgehead atoms. The van der Waals surface area contributed by atoms with Gasteiger partial charge in [0.1, 0.15) is 12.1 Å². The number of carbonyl (C=O) groups is 1. The van der Waals surface area contributed by atoms with Gasteiger partial charge in [0.2, 0.25) is 0 Å². The summed E-state index contributed by atoms with van der Waals surface area (Å²) in [5, 5.41) is 0.523. The van der Waals surface area contributed by atoms with Crippen LogP contribution in [0.1, 0.15) is 5.56 Å². The number of aromatic amines is 1. The fourth-order valence-corrected chi connectivity index (χ4v) is 1.46. The minimum atomic E-state index is -0.282. The van der Waals surface area contributed by atoms with Crippen LogP contribution >= 0.6 is 0 Å². The molecule has 0 aliphatic carbocycles. The average Bonchev–Trinajstić information content (AvgIpc) is 2.51. The van der Waals surface area contributed by atoms with E-state index in [0.717, 1.165) is 11.8 Å². The van der Waals surface area contributed by atoms with Crippen molar-refractivity contribution in [3.63, 3.8) is 0 Å². The first kappa shape index (κ1) is 7.98. The fourth-order valence-electron chi connectivity index (χ4n) is 1.46. The number of nitrogens with one attached hydrogen (secondary N) is 1. The lowest BCUT2D eigenvalue weighted by molar-refractivity contribution is -0.107. The van der Waals surface area contributed by atoms with E-state index in [4.69, 9.17) is 0 Å². The Kier molecular flexibility index (Phi) is 1.85. The summed E-state index contributed by atoms with van der Waals surface area (Å²) in [6, 6.07) is 4.82. The molecular weight excluding hydrogens is 169 g/mol. The van der Waals surface area contributed by atoms with Gasteiger partial charge in [-0.05, 0) is 17.7 Å². The van der Waals surface area contributed by atoms with E-state index in [1.54, 1.807) is 18.3 Å². The molecule has 1 heterocycles. The maximum Gasteiger partial charge on any atom is 0.132 e. The van der Waals surface area contributed by atoms with Crippen LogP contribution in [0.25, 0.3) is 10.9 Å². The van der Waals surface area contributed by atoms with Crippen molar-refractivity contribution < 1.29 is 9.18 Å². The Morgan fingerprint density at radius 2 is 2.31 bits per heavy atom. The fraction of sp³-hybridized carbons (Fsp3) is 0.100. The van der Waals surface area contributed by atoms with E-state index < -0.39 is 0 Å². The summed E-state index contributed by atoms with van der Waals surface area (Å²) < 4.78 is 13.3. The summed E-state index contributed by atoms with van der Waals surface area (Å²) in [5.74, 6) is -0.282. The molecule has 1 aromatic carbocycles. The molecular formula is C10H8FNO. The Bertz CT molecular complexity index is 447. The van der Waals surface area contributed by atoms with Crippen LogP contribution in [-0.2, 0) is 11.2 Å². The number of hydrogen-bond acceptors (Lipinski definition) is 1. The average molecular weight is 177 g/mol. The summed E-state index contributed by atoms with van der Waals surface area (Å²) in [7, 11) is 0. The van der Waals surface area contributed by atoms with Crippen molar-refractivity contribution in [1.82, 2.24) is 4.98 Å². The summed E-state index contributed by atoms with van der Waals surface area (Å²) in [5.41, 5.74) is 1.44. The number of H-pyrrole nitrogens is 1. The third-order valence-electron chi connectivity index (χ3n) is 2.04. The zero-order chi connectivity index (χ0) is 9.26. The third kappa shape index (κ3) is 1.22. The van der Waals surface area contributed by atoms with Crippen molar-refractivity contribution in [3.8, 4) is 0 Å². The predicted molar refractivity (Wildman–Crippen MR) is 48.0 cm³/mol. The topological polar surface area (TPSA) is 32.9 Å². The number of carbonyl (C=O) groups excluding carboxylic acids is 1. The highest BCUT2D eigenvalue weighted by atomic mass is 19.1. The standard InChI is InChI=1S/C10H8FNO/c11-8-2-1-3-9-10(8)7(4-5-13)6-12-9/h1-3,5-6,12H,4H2. The Morgan fingerprint density at radius 3 is 3.08 bits per heavy atom. The number of halogens is 1. The Labute approximate surface area is 74.4 Å². The van der Waals surface area contributed by atoms with Gasteiger partial charge in [-0.25, -0.2) is 4.39 Å². The molecule has 13 heavy (non-hydrogen) atoms. The summed E-state index contributed by atoms with van der Waals surface area (Å²) in [4.78, 5) is 13.2. The molecule has 0 amide bonds. The van der Waals surface area contributed by atoms with Crippen molar-refractivity contribution in [2.45, 2.75) is 6.42 Å². The van der Waals surface area contributed by atoms with Crippen molar-refractivity contribution in [3.05, 3.63) is 35.8 Å². The van der Waals surface area contributed by atoms with Crippen LogP contribution in [0.15, 0.2) is 24.4 Å². The lowest BCUT2D eigenvalue weighted by atomic mass is 10.1. The van der Waals surface area contributed by atoms with Crippen molar-refractivity contribution in [1.29, 1.82) is 0 Å². The third-order valence-corrected chi connectivity index (χ3v) is 2.04. The van der Waals surface area contributed by atoms with E-state index in [0.29, 0.717) is 10.9 Å². The molecule has 0 fully saturated rings. The molecule has 1 N–H and O–H groups in total. The summed E-state index contributed by atoms with van der Waals surface area (Å²) >= 11 is 0. The van der Waals surface area contributed by atoms with Gasteiger partial charge in [-0.2, -0.15) is 0 Å². The predicted octanol–water partition coefficient (Wildman–Crippen LogP) is 2.05. The SMILES string of the molecule is O=CCc1c[nH]c2cccc(F)c12. The highest BCUT2D eigenvalue weighted by Gasteiger charge is 2.06. The summed E-state index contributed by atoms with van der Waals surface area (Å²) in [6.07, 6.45) is 2.69. The van der Waals surface area contributed by atoms with E-state index >= 15 is 0 Å². The molecule has 0 spiro atoms. The molecule has 0 saturated heterocycles. The van der Waals surface area contributed by atoms with Crippen molar-refractivity contribution in [2.75, 3.05) is 0 Å². The van der Waals surface area contributed by atoms with Crippen LogP contribution in [0.2, 0.25) is 0 Å². The molecule has 2 rings (SSSR count). The molecule has 0 atom stereocenters. The van der Waals surface area contributed by atoms with Gasteiger partial charge in [-0.15, -0.1) is 0 Å². The zero-order valence-corrected chi connectivity index (χ0v) is 6.88. The highest BCUT2D eigenvalue weighted by Crippen LogP contribution is 2.21. The van der Waals surface area contributed by atoms with Gasteiger partial charge in [0, 0.05) is 23.5 Å². The van der Waals surface area contributed by atoms with Gasteiger partial charge in [-0.1, -0.05) is 6.07 Å². The maximum absolute atomic E-state index is 13.3. The van der Waals surface area contributed by atoms with Crippen LogP contribution in [0.3, 0.4) is 0 Å². The zero-order valence-electron chi connectivity index (χ0n) is 6.88. The quantitative estimate of drug-likeness (QED) is 0.699. The van der Waals surface area contributed by atoms with E-state index in [1.807, 2.05) is 0 Å². The van der Waals surface area contributed by atoms with Crippen molar-refractivity contribution >= 4 is 17.2 Å². The number of aldehydes is 1. The van der Waals surface area contributed by atoms with Crippen molar-refractivity contribution in [2.24, 2.45) is 0 Å². The van der Waals surface area contributed by atoms with Gasteiger partial charge >= 0.3 is 0 Å². The first-order valence-electron chi connectivity index (χ1n) is 4.01. The minimum Gasteiger partial charge on any atom is -0.361 e. The first-order chi connectivity index (χ1) is 6.33. The minimum absolute atomic E-state index is 0.251. The number of aromatic nitrogens is 1. The first-order valence-corrected chi connectivity index (χ1v) is 4.01. The molecule has 0 unspecified atom stereocenters. The van der Waals surface area contributed by atoms with Gasteiger partial charge in [0.15, 0.2) is 0 Å². The number of fused-ring (bicyclic) bond motifs is 1. The van der Waals surface area contributed by atoms with Crippen LogP contribution in [0.4, 0.5) is 4.39 Å². The highest BCUT2D eigenvalue weighted by molar-refractivity contribution is 5.85. The molecule has 0 aliphatic rings. The Morgan fingerprint density at radius 1 is 1.46 bits per heavy atom. The molecule has 2 aromatic rings. The normalized spacial score (nSPS) is 10.5. The van der Waals surface area contributed by atoms with E-state index in [-0.39, 0.29) is 12.2 Å². The lowest BCUT2D eigenvalue weighted by Gasteiger charge is -1.94. The molecule has 0 aliphatic heterocycles. The lowest BCUT2D eigenvalue weighted by Crippen LogP contribution is -1.84. The smallest absolute Gasteiger partial charge is 0.132 e. The van der Waals surface area contributed by atoms with E-state index in [9.17, 15) is 9.18 Å². The second-order valence-electron chi connectivity index (χ2n) is 2.85.